The van der Waals surface area contributed by atoms with E-state index in [4.69, 9.17) is 15.6 Å². The molecule has 1 aromatic carbocycles. The lowest BCUT2D eigenvalue weighted by Gasteiger charge is -2.19. The Bertz CT molecular complexity index is 1240. The van der Waals surface area contributed by atoms with E-state index >= 15 is 0 Å². The van der Waals surface area contributed by atoms with Gasteiger partial charge in [-0.3, -0.25) is 14.7 Å². The van der Waals surface area contributed by atoms with Crippen molar-refractivity contribution in [1.29, 1.82) is 0 Å². The van der Waals surface area contributed by atoms with Gasteiger partial charge in [0.25, 0.3) is 10.0 Å². The van der Waals surface area contributed by atoms with Gasteiger partial charge in [0.15, 0.2) is 0 Å². The van der Waals surface area contributed by atoms with Crippen molar-refractivity contribution in [2.45, 2.75) is 43.2 Å². The van der Waals surface area contributed by atoms with E-state index < -0.39 is 38.0 Å². The molecule has 13 heteroatoms. The molecule has 31 heavy (non-hydrogen) atoms. The average molecular weight is 467 g/mol. The number of para-hydroxylation sites is 1. The lowest BCUT2D eigenvalue weighted by molar-refractivity contribution is -0.117. The number of carbonyl (C=O) groups is 2. The number of nitrogens with two attached hydrogens (primary N) is 2. The van der Waals surface area contributed by atoms with E-state index in [-0.39, 0.29) is 11.6 Å². The van der Waals surface area contributed by atoms with Crippen LogP contribution in [-0.2, 0) is 26.0 Å². The summed E-state index contributed by atoms with van der Waals surface area (Å²) in [5.41, 5.74) is 6.67. The van der Waals surface area contributed by atoms with Gasteiger partial charge in [-0.2, -0.15) is 0 Å². The van der Waals surface area contributed by atoms with Gasteiger partial charge in [-0.25, -0.2) is 18.4 Å². The van der Waals surface area contributed by atoms with Gasteiger partial charge in [0.2, 0.25) is 15.4 Å². The number of nitrogens with one attached hydrogen (secondary N) is 1. The topological polar surface area (TPSA) is 172 Å². The highest BCUT2D eigenvalue weighted by Crippen LogP contribution is 2.24. The van der Waals surface area contributed by atoms with E-state index in [0.29, 0.717) is 22.4 Å². The molecule has 0 unspecified atom stereocenters. The van der Waals surface area contributed by atoms with Crippen LogP contribution in [0, 0.1) is 0 Å². The predicted octanol–water partition coefficient (Wildman–Crippen LogP) is 1.43. The molecule has 0 aliphatic heterocycles. The number of benzene rings is 1. The van der Waals surface area contributed by atoms with E-state index in [1.54, 1.807) is 39.1 Å². The number of primary sulfonamides is 1. The minimum absolute atomic E-state index is 0.0411. The summed E-state index contributed by atoms with van der Waals surface area (Å²) in [6, 6.07) is 6.19. The fraction of sp³-hybridized carbons (Fsp3) is 0.333. The summed E-state index contributed by atoms with van der Waals surface area (Å²) in [6.07, 6.45) is 1.16. The second kappa shape index (κ2) is 8.34. The van der Waals surface area contributed by atoms with Gasteiger partial charge in [0.05, 0.1) is 11.6 Å². The van der Waals surface area contributed by atoms with Crippen molar-refractivity contribution in [2.75, 3.05) is 5.32 Å². The van der Waals surface area contributed by atoms with Gasteiger partial charge in [-0.1, -0.05) is 29.5 Å². The lowest BCUT2D eigenvalue weighted by atomic mass is 10.1. The maximum atomic E-state index is 12.6. The molecule has 11 nitrogen and oxygen atoms in total. The van der Waals surface area contributed by atoms with E-state index in [1.165, 1.54) is 4.57 Å². The normalized spacial score (nSPS) is 13.2. The summed E-state index contributed by atoms with van der Waals surface area (Å²) in [5.74, 6) is -0.591. The minimum atomic E-state index is -4.01. The molecule has 0 saturated carbocycles. The molecule has 0 aliphatic rings. The quantitative estimate of drug-likeness (QED) is 0.474. The first-order valence-corrected chi connectivity index (χ1v) is 11.5. The number of aromatic nitrogens is 3. The van der Waals surface area contributed by atoms with Crippen LogP contribution < -0.4 is 16.2 Å². The smallest absolute Gasteiger partial charge is 0.419 e. The third-order valence-electron chi connectivity index (χ3n) is 4.04. The van der Waals surface area contributed by atoms with E-state index in [2.05, 4.69) is 15.5 Å². The first-order chi connectivity index (χ1) is 14.3. The highest BCUT2D eigenvalue weighted by atomic mass is 32.2. The third kappa shape index (κ3) is 5.44. The van der Waals surface area contributed by atoms with Crippen LogP contribution in [0.5, 0.6) is 0 Å². The Morgan fingerprint density at radius 1 is 1.26 bits per heavy atom. The maximum Gasteiger partial charge on any atom is 0.419 e. The van der Waals surface area contributed by atoms with Crippen LogP contribution in [-0.4, -0.2) is 46.8 Å². The first-order valence-electron chi connectivity index (χ1n) is 9.10. The van der Waals surface area contributed by atoms with Crippen molar-refractivity contribution in [3.8, 4) is 0 Å². The van der Waals surface area contributed by atoms with E-state index in [1.807, 2.05) is 12.1 Å². The molecule has 2 aromatic heterocycles. The second-order valence-electron chi connectivity index (χ2n) is 7.74. The molecule has 3 aromatic rings. The van der Waals surface area contributed by atoms with Gasteiger partial charge in [0, 0.05) is 11.6 Å². The molecule has 166 valence electrons. The third-order valence-corrected chi connectivity index (χ3v) is 6.19. The molecule has 1 amide bonds. The number of ether oxygens (including phenoxy) is 1. The van der Waals surface area contributed by atoms with Crippen molar-refractivity contribution in [1.82, 2.24) is 14.8 Å². The molecular weight excluding hydrogens is 444 g/mol. The van der Waals surface area contributed by atoms with Crippen molar-refractivity contribution in [3.05, 3.63) is 36.0 Å². The van der Waals surface area contributed by atoms with Gasteiger partial charge < -0.3 is 10.5 Å². The molecule has 0 bridgehead atoms. The summed E-state index contributed by atoms with van der Waals surface area (Å²) in [6.45, 7) is 5.31. The predicted molar refractivity (Wildman–Crippen MR) is 115 cm³/mol. The summed E-state index contributed by atoms with van der Waals surface area (Å²) < 4.78 is 29.0. The van der Waals surface area contributed by atoms with Gasteiger partial charge in [0.1, 0.15) is 5.60 Å². The number of hydrogen-bond donors (Lipinski definition) is 3. The fourth-order valence-electron chi connectivity index (χ4n) is 2.78. The van der Waals surface area contributed by atoms with Crippen molar-refractivity contribution >= 4 is 49.4 Å². The van der Waals surface area contributed by atoms with Crippen LogP contribution in [0.15, 0.2) is 34.8 Å². The standard InChI is InChI=1S/C18H22N6O5S2/c1-18(2,3)29-17(26)24-9-10(11-6-4-5-7-13(11)24)8-12(19)14(25)21-15-22-23-16(30-15)31(20,27)28/h4-7,9,12H,8,19H2,1-3H3,(H2,20,27,28)(H,21,22,25)/t12-/m0/s1. The number of anilines is 1. The Kier molecular flexibility index (Phi) is 6.14. The Morgan fingerprint density at radius 3 is 2.55 bits per heavy atom. The number of nitrogens with zero attached hydrogens (tertiary/aromatic N) is 3. The SMILES string of the molecule is CC(C)(C)OC(=O)n1cc(C[C@H](N)C(=O)Nc2nnc(S(N)(=O)=O)s2)c2ccccc21. The first kappa shape index (κ1) is 22.8. The number of amides is 1. The molecule has 2 heterocycles. The molecule has 1 atom stereocenters. The summed E-state index contributed by atoms with van der Waals surface area (Å²) >= 11 is 0.620. The molecule has 0 fully saturated rings. The van der Waals surface area contributed by atoms with Gasteiger partial charge in [-0.05, 0) is 38.8 Å². The Labute approximate surface area is 182 Å². The molecule has 0 radical (unpaired) electrons. The maximum absolute atomic E-state index is 12.6. The zero-order chi connectivity index (χ0) is 23.0. The number of hydrogen-bond acceptors (Lipinski definition) is 9. The largest absolute Gasteiger partial charge is 0.443 e. The van der Waals surface area contributed by atoms with Crippen molar-refractivity contribution in [2.24, 2.45) is 10.9 Å². The van der Waals surface area contributed by atoms with E-state index in [0.717, 1.165) is 5.39 Å². The Morgan fingerprint density at radius 2 is 1.94 bits per heavy atom. The lowest BCUT2D eigenvalue weighted by Crippen LogP contribution is -2.37. The zero-order valence-electron chi connectivity index (χ0n) is 17.0. The molecule has 0 aliphatic carbocycles. The highest BCUT2D eigenvalue weighted by molar-refractivity contribution is 7.91. The van der Waals surface area contributed by atoms with Crippen molar-refractivity contribution in [3.63, 3.8) is 0 Å². The number of sulfonamides is 1. The van der Waals surface area contributed by atoms with Crippen molar-refractivity contribution < 1.29 is 22.7 Å². The molecule has 3 rings (SSSR count). The van der Waals surface area contributed by atoms with Crippen LogP contribution in [0.1, 0.15) is 26.3 Å². The highest BCUT2D eigenvalue weighted by Gasteiger charge is 2.24. The van der Waals surface area contributed by atoms with Crippen LogP contribution in [0.2, 0.25) is 0 Å². The Hall–Kier alpha value is -2.87. The fourth-order valence-corrected chi connectivity index (χ4v) is 4.11. The average Bonchev–Trinajstić information content (AvgIpc) is 3.25. The van der Waals surface area contributed by atoms with Crippen LogP contribution >= 0.6 is 11.3 Å². The zero-order valence-corrected chi connectivity index (χ0v) is 18.7. The molecule has 0 spiro atoms. The second-order valence-corrected chi connectivity index (χ2v) is 10.5. The van der Waals surface area contributed by atoms with E-state index in [9.17, 15) is 18.0 Å². The summed E-state index contributed by atoms with van der Waals surface area (Å²) in [5, 5.41) is 15.1. The molecule has 0 saturated heterocycles. The number of carbonyl (C=O) groups excluding carboxylic acids is 2. The Balaban J connectivity index is 1.80. The van der Waals surface area contributed by atoms with Gasteiger partial charge in [-0.15, -0.1) is 10.2 Å². The minimum Gasteiger partial charge on any atom is -0.443 e. The molecule has 5 N–H and O–H groups in total. The van der Waals surface area contributed by atoms with Crippen LogP contribution in [0.3, 0.4) is 0 Å². The van der Waals surface area contributed by atoms with Gasteiger partial charge >= 0.3 is 6.09 Å². The number of rotatable bonds is 5. The summed E-state index contributed by atoms with van der Waals surface area (Å²) in [7, 11) is -4.01. The summed E-state index contributed by atoms with van der Waals surface area (Å²) in [4.78, 5) is 25.1. The monoisotopic (exact) mass is 466 g/mol. The van der Waals surface area contributed by atoms with Crippen LogP contribution in [0.4, 0.5) is 9.93 Å². The molecular formula is C18H22N6O5S2. The van der Waals surface area contributed by atoms with Crippen LogP contribution in [0.25, 0.3) is 10.9 Å². The number of fused-ring (bicyclic) bond motifs is 1.